The summed E-state index contributed by atoms with van der Waals surface area (Å²) in [7, 11) is 0. The Kier molecular flexibility index (Phi) is 3.66. The van der Waals surface area contributed by atoms with E-state index in [-0.39, 0.29) is 28.5 Å². The van der Waals surface area contributed by atoms with Gasteiger partial charge in [-0.1, -0.05) is 13.8 Å². The van der Waals surface area contributed by atoms with Gasteiger partial charge in [0.1, 0.15) is 22.7 Å². The van der Waals surface area contributed by atoms with Gasteiger partial charge in [0.25, 0.3) is 0 Å². The van der Waals surface area contributed by atoms with Gasteiger partial charge < -0.3 is 13.9 Å². The van der Waals surface area contributed by atoms with E-state index in [4.69, 9.17) is 13.9 Å². The molecule has 3 heterocycles. The number of allylic oxidation sites excluding steroid dienone is 2. The molecule has 1 aliphatic carbocycles. The van der Waals surface area contributed by atoms with E-state index in [0.717, 1.165) is 23.3 Å². The van der Waals surface area contributed by atoms with E-state index >= 15 is 0 Å². The second kappa shape index (κ2) is 5.74. The normalized spacial score (nSPS) is 26.9. The number of rotatable bonds is 0. The fourth-order valence-corrected chi connectivity index (χ4v) is 5.25. The van der Waals surface area contributed by atoms with Crippen LogP contribution in [0.1, 0.15) is 57.6 Å². The summed E-state index contributed by atoms with van der Waals surface area (Å²) in [5.41, 5.74) is 1.97. The highest BCUT2D eigenvalue weighted by molar-refractivity contribution is 6.00. The van der Waals surface area contributed by atoms with Gasteiger partial charge in [-0.05, 0) is 38.3 Å². The summed E-state index contributed by atoms with van der Waals surface area (Å²) in [5.74, 6) is 1.36. The first-order valence-electron chi connectivity index (χ1n) is 10.2. The molecule has 5 heteroatoms. The third-order valence-electron chi connectivity index (χ3n) is 6.71. The second-order valence-electron chi connectivity index (χ2n) is 9.98. The molecule has 29 heavy (non-hydrogen) atoms. The van der Waals surface area contributed by atoms with Crippen LogP contribution >= 0.6 is 0 Å². The molecule has 0 amide bonds. The van der Waals surface area contributed by atoms with E-state index in [2.05, 4.69) is 27.7 Å². The average Bonchev–Trinajstić information content (AvgIpc) is 2.61. The summed E-state index contributed by atoms with van der Waals surface area (Å²) >= 11 is 0. The van der Waals surface area contributed by atoms with E-state index in [1.807, 2.05) is 6.07 Å². The summed E-state index contributed by atoms with van der Waals surface area (Å²) in [6.45, 7) is 10.5. The molecule has 0 bridgehead atoms. The zero-order chi connectivity index (χ0) is 20.7. The second-order valence-corrected chi connectivity index (χ2v) is 9.98. The van der Waals surface area contributed by atoms with Crippen molar-refractivity contribution in [1.29, 1.82) is 0 Å². The maximum absolute atomic E-state index is 13.3. The van der Waals surface area contributed by atoms with Crippen LogP contribution in [-0.2, 0) is 9.53 Å². The van der Waals surface area contributed by atoms with Gasteiger partial charge in [0.15, 0.2) is 11.2 Å². The van der Waals surface area contributed by atoms with Crippen molar-refractivity contribution in [3.63, 3.8) is 0 Å². The quantitative estimate of drug-likeness (QED) is 0.651. The number of hydrogen-bond donors (Lipinski definition) is 0. The molecule has 2 aromatic rings. The van der Waals surface area contributed by atoms with Crippen LogP contribution in [0.25, 0.3) is 11.0 Å². The van der Waals surface area contributed by atoms with E-state index < -0.39 is 5.60 Å². The highest BCUT2D eigenvalue weighted by Crippen LogP contribution is 2.56. The van der Waals surface area contributed by atoms with Crippen LogP contribution in [0.5, 0.6) is 5.75 Å². The highest BCUT2D eigenvalue weighted by atomic mass is 16.5. The molecular formula is C24H26O5. The maximum Gasteiger partial charge on any atom is 0.195 e. The lowest BCUT2D eigenvalue weighted by Crippen LogP contribution is -2.50. The summed E-state index contributed by atoms with van der Waals surface area (Å²) in [6.07, 6.45) is 2.72. The Hall–Kier alpha value is -2.56. The molecule has 2 atom stereocenters. The lowest BCUT2D eigenvalue weighted by atomic mass is 9.64. The summed E-state index contributed by atoms with van der Waals surface area (Å²) in [5, 5.41) is 0.531. The summed E-state index contributed by atoms with van der Waals surface area (Å²) in [6, 6.07) is 3.60. The van der Waals surface area contributed by atoms with Crippen molar-refractivity contribution in [1.82, 2.24) is 0 Å². The molecule has 2 aliphatic heterocycles. The number of Topliss-reactive ketones (excluding diaryl/α,β-unsaturated/α-hetero) is 1. The van der Waals surface area contributed by atoms with Crippen molar-refractivity contribution in [3.05, 3.63) is 51.1 Å². The van der Waals surface area contributed by atoms with Crippen molar-refractivity contribution in [2.45, 2.75) is 59.0 Å². The molecule has 3 aliphatic rings. The van der Waals surface area contributed by atoms with Gasteiger partial charge in [-0.3, -0.25) is 9.59 Å². The number of aryl methyl sites for hydroxylation is 1. The SMILES string of the molecule is Cc1coc2c3c(ccc2c1=O)OC[C@H]1[C@@H]3C2=C(CC(C)(C)CC2=O)OC1(C)C. The van der Waals surface area contributed by atoms with Gasteiger partial charge in [-0.15, -0.1) is 0 Å². The van der Waals surface area contributed by atoms with E-state index in [1.165, 1.54) is 6.26 Å². The molecule has 0 saturated heterocycles. The summed E-state index contributed by atoms with van der Waals surface area (Å²) < 4.78 is 18.4. The number of fused-ring (bicyclic) bond motifs is 6. The van der Waals surface area contributed by atoms with E-state index in [0.29, 0.717) is 35.3 Å². The number of carbonyl (C=O) groups excluding carboxylic acids is 1. The molecule has 0 saturated carbocycles. The monoisotopic (exact) mass is 394 g/mol. The van der Waals surface area contributed by atoms with Crippen LogP contribution in [0.15, 0.2) is 38.9 Å². The van der Waals surface area contributed by atoms with Crippen LogP contribution < -0.4 is 10.2 Å². The van der Waals surface area contributed by atoms with E-state index in [9.17, 15) is 9.59 Å². The molecule has 0 radical (unpaired) electrons. The van der Waals surface area contributed by atoms with Gasteiger partial charge in [-0.2, -0.15) is 0 Å². The van der Waals surface area contributed by atoms with Crippen LogP contribution in [0.3, 0.4) is 0 Å². The van der Waals surface area contributed by atoms with Gasteiger partial charge in [-0.25, -0.2) is 0 Å². The predicted octanol–water partition coefficient (Wildman–Crippen LogP) is 4.65. The molecule has 5 nitrogen and oxygen atoms in total. The predicted molar refractivity (Wildman–Crippen MR) is 109 cm³/mol. The molecular weight excluding hydrogens is 368 g/mol. The summed E-state index contributed by atoms with van der Waals surface area (Å²) in [4.78, 5) is 26.0. The van der Waals surface area contributed by atoms with Crippen LogP contribution in [-0.4, -0.2) is 18.0 Å². The zero-order valence-electron chi connectivity index (χ0n) is 17.5. The Morgan fingerprint density at radius 1 is 1.07 bits per heavy atom. The smallest absolute Gasteiger partial charge is 0.195 e. The van der Waals surface area contributed by atoms with Gasteiger partial charge in [0.05, 0.1) is 18.3 Å². The zero-order valence-corrected chi connectivity index (χ0v) is 17.5. The Morgan fingerprint density at radius 2 is 1.83 bits per heavy atom. The number of ketones is 1. The van der Waals surface area contributed by atoms with Crippen molar-refractivity contribution in [2.24, 2.45) is 11.3 Å². The van der Waals surface area contributed by atoms with Crippen LogP contribution in [0, 0.1) is 18.3 Å². The molecule has 0 N–H and O–H groups in total. The fraction of sp³-hybridized carbons (Fsp3) is 0.500. The minimum atomic E-state index is -0.498. The Bertz CT molecular complexity index is 1150. The average molecular weight is 394 g/mol. The van der Waals surface area contributed by atoms with Gasteiger partial charge >= 0.3 is 0 Å². The standard InChI is InChI=1S/C24H26O5/c1-12-10-28-22-13(21(12)26)6-7-16-20(22)18-14(11-27-16)24(4,5)29-17-9-23(2,3)8-15(25)19(17)18/h6-7,10,14,18H,8-9,11H2,1-5H3/t14-,18+/m0/s1. The van der Waals surface area contributed by atoms with Crippen molar-refractivity contribution in [3.8, 4) is 5.75 Å². The van der Waals surface area contributed by atoms with Crippen LogP contribution in [0.2, 0.25) is 0 Å². The molecule has 152 valence electrons. The third kappa shape index (κ3) is 2.59. The first kappa shape index (κ1) is 18.5. The minimum Gasteiger partial charge on any atom is -0.493 e. The fourth-order valence-electron chi connectivity index (χ4n) is 5.25. The third-order valence-corrected chi connectivity index (χ3v) is 6.71. The lowest BCUT2D eigenvalue weighted by Gasteiger charge is -2.50. The number of ether oxygens (including phenoxy) is 2. The number of benzene rings is 1. The maximum atomic E-state index is 13.3. The Balaban J connectivity index is 1.83. The van der Waals surface area contributed by atoms with Crippen molar-refractivity contribution >= 4 is 16.8 Å². The first-order chi connectivity index (χ1) is 13.6. The largest absolute Gasteiger partial charge is 0.493 e. The van der Waals surface area contributed by atoms with E-state index in [1.54, 1.807) is 13.0 Å². The molecule has 0 unspecified atom stereocenters. The van der Waals surface area contributed by atoms with Gasteiger partial charge in [0, 0.05) is 41.4 Å². The number of carbonyl (C=O) groups is 1. The van der Waals surface area contributed by atoms with Crippen molar-refractivity contribution in [2.75, 3.05) is 6.61 Å². The highest BCUT2D eigenvalue weighted by Gasteiger charge is 2.53. The first-order valence-corrected chi connectivity index (χ1v) is 10.2. The minimum absolute atomic E-state index is 0.0453. The molecule has 0 fully saturated rings. The van der Waals surface area contributed by atoms with Crippen molar-refractivity contribution < 1.29 is 18.7 Å². The molecule has 0 spiro atoms. The molecule has 5 rings (SSSR count). The van der Waals surface area contributed by atoms with Gasteiger partial charge in [0.2, 0.25) is 0 Å². The molecule has 1 aromatic carbocycles. The Labute approximate surface area is 169 Å². The van der Waals surface area contributed by atoms with Crippen LogP contribution in [0.4, 0.5) is 0 Å². The number of hydrogen-bond acceptors (Lipinski definition) is 5. The lowest BCUT2D eigenvalue weighted by molar-refractivity contribution is -0.124. The molecule has 1 aromatic heterocycles. The topological polar surface area (TPSA) is 65.7 Å². The Morgan fingerprint density at radius 3 is 2.59 bits per heavy atom.